The molecule has 18 heteroatoms. The molecule has 1 aromatic carbocycles. The van der Waals surface area contributed by atoms with Crippen molar-refractivity contribution in [3.63, 3.8) is 0 Å². The molecule has 4 aromatic rings. The Balaban J connectivity index is 1.04. The molecule has 0 aliphatic carbocycles. The van der Waals surface area contributed by atoms with E-state index in [9.17, 15) is 33.9 Å². The standard InChI is InChI=1S/C32H35N11O7/c1-43-24(45)13-21(26(43)18-3-2-10-34-14-18)29(47)36-12-11-35-23(44)9-8-22(31(49)50)40-28(46)17-4-6-19(7-5-17)37-15-20-16-38-27-25(39-20)30(48)42-32(33)41-27/h2-7,10,14,16,21-22,26,37H,8-9,11-13,15H2,1H3,(H,35,44)(H,36,47)(H,40,46)(H,49,50)(H3,33,38,41,42,48)/t21-,22?,26+/m0/s1. The second kappa shape index (κ2) is 15.6. The fourth-order valence-corrected chi connectivity index (χ4v) is 5.48. The van der Waals surface area contributed by atoms with Crippen LogP contribution in [0.3, 0.4) is 0 Å². The number of pyridine rings is 1. The van der Waals surface area contributed by atoms with Crippen molar-refractivity contribution in [2.75, 3.05) is 31.2 Å². The minimum Gasteiger partial charge on any atom is -0.480 e. The number of aromatic amines is 1. The Labute approximate surface area is 284 Å². The highest BCUT2D eigenvalue weighted by atomic mass is 16.4. The number of nitrogen functional groups attached to an aromatic ring is 1. The Kier molecular flexibility index (Phi) is 10.9. The van der Waals surface area contributed by atoms with Crippen LogP contribution in [-0.4, -0.2) is 90.7 Å². The van der Waals surface area contributed by atoms with Crippen LogP contribution in [0.2, 0.25) is 0 Å². The molecule has 8 N–H and O–H groups in total. The van der Waals surface area contributed by atoms with Gasteiger partial charge in [-0.05, 0) is 42.3 Å². The first-order valence-electron chi connectivity index (χ1n) is 15.6. The Morgan fingerprint density at radius 3 is 2.54 bits per heavy atom. The maximum atomic E-state index is 12.9. The molecule has 1 aliphatic heterocycles. The van der Waals surface area contributed by atoms with Gasteiger partial charge in [0.05, 0.1) is 30.4 Å². The Morgan fingerprint density at radius 1 is 1.06 bits per heavy atom. The third-order valence-corrected chi connectivity index (χ3v) is 8.07. The van der Waals surface area contributed by atoms with Gasteiger partial charge in [0.1, 0.15) is 6.04 Å². The lowest BCUT2D eigenvalue weighted by Crippen LogP contribution is -2.42. The molecule has 0 saturated carbocycles. The first-order chi connectivity index (χ1) is 24.0. The van der Waals surface area contributed by atoms with E-state index in [0.717, 1.165) is 5.56 Å². The molecule has 4 amide bonds. The van der Waals surface area contributed by atoms with Gasteiger partial charge in [0, 0.05) is 56.6 Å². The SMILES string of the molecule is CN1C(=O)C[C@H](C(=O)NCCNC(=O)CCC(NC(=O)c2ccc(NCc3cnc4nc(N)[nH]c(=O)c4n3)cc2)C(=O)O)[C@H]1c1cccnc1. The van der Waals surface area contributed by atoms with Crippen molar-refractivity contribution >= 4 is 52.4 Å². The molecule has 0 radical (unpaired) electrons. The second-order valence-electron chi connectivity index (χ2n) is 11.5. The summed E-state index contributed by atoms with van der Waals surface area (Å²) in [5.74, 6) is -3.56. The van der Waals surface area contributed by atoms with E-state index >= 15 is 0 Å². The largest absolute Gasteiger partial charge is 0.480 e. The number of H-pyrrole nitrogens is 1. The predicted molar refractivity (Wildman–Crippen MR) is 178 cm³/mol. The molecule has 1 unspecified atom stereocenters. The number of hydrogen-bond donors (Lipinski definition) is 7. The number of aliphatic carboxylic acids is 1. The monoisotopic (exact) mass is 685 g/mol. The summed E-state index contributed by atoms with van der Waals surface area (Å²) in [6, 6.07) is 7.99. The third-order valence-electron chi connectivity index (χ3n) is 8.07. The number of likely N-dealkylation sites (tertiary alicyclic amines) is 1. The maximum absolute atomic E-state index is 12.9. The Bertz CT molecular complexity index is 1950. The minimum atomic E-state index is -1.33. The van der Waals surface area contributed by atoms with Crippen molar-refractivity contribution < 1.29 is 29.1 Å². The van der Waals surface area contributed by atoms with E-state index in [0.29, 0.717) is 11.4 Å². The van der Waals surface area contributed by atoms with Gasteiger partial charge in [-0.2, -0.15) is 4.98 Å². The molecule has 0 bridgehead atoms. The molecule has 0 spiro atoms. The second-order valence-corrected chi connectivity index (χ2v) is 11.5. The lowest BCUT2D eigenvalue weighted by atomic mass is 9.94. The molecule has 4 heterocycles. The smallest absolute Gasteiger partial charge is 0.326 e. The summed E-state index contributed by atoms with van der Waals surface area (Å²) in [6.45, 7) is 0.395. The van der Waals surface area contributed by atoms with E-state index in [1.165, 1.54) is 23.2 Å². The van der Waals surface area contributed by atoms with Crippen LogP contribution in [0.25, 0.3) is 11.2 Å². The summed E-state index contributed by atoms with van der Waals surface area (Å²) in [5, 5.41) is 20.5. The molecule has 1 saturated heterocycles. The zero-order valence-corrected chi connectivity index (χ0v) is 26.9. The van der Waals surface area contributed by atoms with Crippen LogP contribution < -0.4 is 32.6 Å². The first kappa shape index (κ1) is 34.9. The summed E-state index contributed by atoms with van der Waals surface area (Å²) >= 11 is 0. The van der Waals surface area contributed by atoms with Crippen molar-refractivity contribution in [2.45, 2.75) is 37.9 Å². The van der Waals surface area contributed by atoms with Crippen LogP contribution in [0.1, 0.15) is 46.9 Å². The van der Waals surface area contributed by atoms with Gasteiger partial charge in [-0.1, -0.05) is 6.07 Å². The van der Waals surface area contributed by atoms with E-state index < -0.39 is 41.3 Å². The van der Waals surface area contributed by atoms with Crippen molar-refractivity contribution in [3.8, 4) is 0 Å². The van der Waals surface area contributed by atoms with E-state index in [1.807, 2.05) is 6.07 Å². The summed E-state index contributed by atoms with van der Waals surface area (Å²) in [7, 11) is 1.64. The summed E-state index contributed by atoms with van der Waals surface area (Å²) in [5.41, 5.74) is 7.20. The molecule has 50 heavy (non-hydrogen) atoms. The van der Waals surface area contributed by atoms with E-state index in [-0.39, 0.29) is 73.4 Å². The van der Waals surface area contributed by atoms with Gasteiger partial charge in [0.15, 0.2) is 11.2 Å². The molecule has 18 nitrogen and oxygen atoms in total. The summed E-state index contributed by atoms with van der Waals surface area (Å²) in [6.07, 6.45) is 4.38. The maximum Gasteiger partial charge on any atom is 0.326 e. The van der Waals surface area contributed by atoms with Gasteiger partial charge >= 0.3 is 5.97 Å². The molecule has 3 aromatic heterocycles. The number of benzene rings is 1. The quantitative estimate of drug-likeness (QED) is 0.0843. The summed E-state index contributed by atoms with van der Waals surface area (Å²) in [4.78, 5) is 94.6. The van der Waals surface area contributed by atoms with Gasteiger partial charge in [-0.3, -0.25) is 33.9 Å². The number of nitrogens with zero attached hydrogens (tertiary/aromatic N) is 5. The zero-order chi connectivity index (χ0) is 35.8. The van der Waals surface area contributed by atoms with Crippen LogP contribution in [0, 0.1) is 5.92 Å². The lowest BCUT2D eigenvalue weighted by molar-refractivity contribution is -0.139. The van der Waals surface area contributed by atoms with Gasteiger partial charge in [0.2, 0.25) is 23.7 Å². The number of carbonyl (C=O) groups is 5. The fraction of sp³-hybridized carbons (Fsp3) is 0.312. The number of aromatic nitrogens is 5. The molecule has 1 fully saturated rings. The number of carbonyl (C=O) groups excluding carboxylic acids is 4. The van der Waals surface area contributed by atoms with Crippen molar-refractivity contribution in [1.82, 2.24) is 45.8 Å². The highest BCUT2D eigenvalue weighted by Crippen LogP contribution is 2.36. The number of nitrogens with two attached hydrogens (primary N) is 1. The van der Waals surface area contributed by atoms with Crippen molar-refractivity contribution in [2.24, 2.45) is 5.92 Å². The Hall–Kier alpha value is -6.46. The number of carboxylic acid groups (broad SMARTS) is 1. The van der Waals surface area contributed by atoms with Gasteiger partial charge < -0.3 is 37.0 Å². The molecule has 1 aliphatic rings. The number of rotatable bonds is 14. The number of anilines is 2. The van der Waals surface area contributed by atoms with Crippen LogP contribution in [-0.2, 0) is 25.7 Å². The molecular weight excluding hydrogens is 650 g/mol. The van der Waals surface area contributed by atoms with Crippen LogP contribution in [0.4, 0.5) is 11.6 Å². The average Bonchev–Trinajstić information content (AvgIpc) is 3.41. The van der Waals surface area contributed by atoms with Crippen LogP contribution in [0.5, 0.6) is 0 Å². The van der Waals surface area contributed by atoms with E-state index in [4.69, 9.17) is 5.73 Å². The first-order valence-corrected chi connectivity index (χ1v) is 15.6. The number of hydrogen-bond acceptors (Lipinski definition) is 12. The number of fused-ring (bicyclic) bond motifs is 1. The normalized spacial score (nSPS) is 16.1. The highest BCUT2D eigenvalue weighted by molar-refractivity contribution is 5.97. The molecule has 5 rings (SSSR count). The molecular formula is C32H35N11O7. The van der Waals surface area contributed by atoms with Gasteiger partial charge in [0.25, 0.3) is 11.5 Å². The van der Waals surface area contributed by atoms with Crippen molar-refractivity contribution in [3.05, 3.63) is 82.2 Å². The van der Waals surface area contributed by atoms with Crippen LogP contribution >= 0.6 is 0 Å². The minimum absolute atomic E-state index is 0.0442. The molecule has 260 valence electrons. The zero-order valence-electron chi connectivity index (χ0n) is 26.9. The lowest BCUT2D eigenvalue weighted by Gasteiger charge is -2.24. The number of nitrogens with one attached hydrogen (secondary N) is 5. The Morgan fingerprint density at radius 2 is 1.82 bits per heavy atom. The van der Waals surface area contributed by atoms with Crippen molar-refractivity contribution in [1.29, 1.82) is 0 Å². The van der Waals surface area contributed by atoms with E-state index in [1.54, 1.807) is 37.6 Å². The van der Waals surface area contributed by atoms with Gasteiger partial charge in [-0.25, -0.2) is 14.8 Å². The van der Waals surface area contributed by atoms with Gasteiger partial charge in [-0.15, -0.1) is 0 Å². The topological polar surface area (TPSA) is 267 Å². The van der Waals surface area contributed by atoms with E-state index in [2.05, 4.69) is 46.2 Å². The number of amides is 4. The fourth-order valence-electron chi connectivity index (χ4n) is 5.48. The number of carboxylic acids is 1. The third kappa shape index (κ3) is 8.52. The average molecular weight is 686 g/mol. The highest BCUT2D eigenvalue weighted by Gasteiger charge is 2.42. The summed E-state index contributed by atoms with van der Waals surface area (Å²) < 4.78 is 0. The van der Waals surface area contributed by atoms with Crippen LogP contribution in [0.15, 0.2) is 59.8 Å². The predicted octanol–water partition coefficient (Wildman–Crippen LogP) is -0.282. The molecule has 3 atom stereocenters.